The summed E-state index contributed by atoms with van der Waals surface area (Å²) in [6.45, 7) is 2.18. The number of carboxylic acids is 2. The standard InChI is InChI=1S/C15H27FO4/c1-2-3-4-5-6-7-8-9-10-11-12(16)13(14(17)18)15(19)20/h12-13H,2-11H2,1H3,(H,17,18)(H,19,20). The van der Waals surface area contributed by atoms with Crippen molar-refractivity contribution in [3.8, 4) is 0 Å². The van der Waals surface area contributed by atoms with Crippen molar-refractivity contribution in [1.29, 1.82) is 0 Å². The molecule has 0 fully saturated rings. The number of carbonyl (C=O) groups is 2. The van der Waals surface area contributed by atoms with E-state index in [1.54, 1.807) is 0 Å². The molecule has 0 heterocycles. The zero-order chi connectivity index (χ0) is 15.4. The highest BCUT2D eigenvalue weighted by Crippen LogP contribution is 2.18. The van der Waals surface area contributed by atoms with Crippen LogP contribution < -0.4 is 0 Å². The van der Waals surface area contributed by atoms with E-state index in [4.69, 9.17) is 10.2 Å². The van der Waals surface area contributed by atoms with Gasteiger partial charge in [0.15, 0.2) is 5.92 Å². The smallest absolute Gasteiger partial charge is 0.320 e. The molecule has 0 spiro atoms. The summed E-state index contributed by atoms with van der Waals surface area (Å²) in [5, 5.41) is 17.3. The quantitative estimate of drug-likeness (QED) is 0.396. The van der Waals surface area contributed by atoms with Crippen LogP contribution in [0.4, 0.5) is 4.39 Å². The lowest BCUT2D eigenvalue weighted by molar-refractivity contribution is -0.157. The van der Waals surface area contributed by atoms with Gasteiger partial charge in [0.1, 0.15) is 6.17 Å². The zero-order valence-electron chi connectivity index (χ0n) is 12.3. The molecule has 5 heteroatoms. The fourth-order valence-corrected chi connectivity index (χ4v) is 2.23. The first-order valence-electron chi connectivity index (χ1n) is 7.60. The van der Waals surface area contributed by atoms with Gasteiger partial charge in [-0.05, 0) is 6.42 Å². The lowest BCUT2D eigenvalue weighted by atomic mass is 9.98. The van der Waals surface area contributed by atoms with Gasteiger partial charge in [-0.25, -0.2) is 4.39 Å². The summed E-state index contributed by atoms with van der Waals surface area (Å²) < 4.78 is 13.5. The van der Waals surface area contributed by atoms with E-state index in [1.165, 1.54) is 32.1 Å². The van der Waals surface area contributed by atoms with Crippen molar-refractivity contribution in [2.75, 3.05) is 0 Å². The van der Waals surface area contributed by atoms with E-state index >= 15 is 0 Å². The van der Waals surface area contributed by atoms with Crippen LogP contribution in [0.15, 0.2) is 0 Å². The number of unbranched alkanes of at least 4 members (excludes halogenated alkanes) is 8. The highest BCUT2D eigenvalue weighted by atomic mass is 19.1. The maximum absolute atomic E-state index is 13.5. The summed E-state index contributed by atoms with van der Waals surface area (Å²) in [4.78, 5) is 21.2. The SMILES string of the molecule is CCCCCCCCCCCC(F)C(C(=O)O)C(=O)O. The highest BCUT2D eigenvalue weighted by molar-refractivity contribution is 5.93. The van der Waals surface area contributed by atoms with E-state index < -0.39 is 24.0 Å². The Labute approximate surface area is 120 Å². The van der Waals surface area contributed by atoms with E-state index in [9.17, 15) is 14.0 Å². The number of rotatable bonds is 13. The van der Waals surface area contributed by atoms with Crippen LogP contribution >= 0.6 is 0 Å². The van der Waals surface area contributed by atoms with Gasteiger partial charge < -0.3 is 10.2 Å². The Morgan fingerprint density at radius 2 is 1.25 bits per heavy atom. The van der Waals surface area contributed by atoms with Crippen LogP contribution in [0.1, 0.15) is 71.1 Å². The molecule has 0 bridgehead atoms. The monoisotopic (exact) mass is 290 g/mol. The first-order valence-corrected chi connectivity index (χ1v) is 7.60. The molecule has 118 valence electrons. The number of halogens is 1. The third kappa shape index (κ3) is 8.88. The van der Waals surface area contributed by atoms with Gasteiger partial charge in [0, 0.05) is 0 Å². The second-order valence-electron chi connectivity index (χ2n) is 5.29. The van der Waals surface area contributed by atoms with Crippen LogP contribution in [0, 0.1) is 5.92 Å². The van der Waals surface area contributed by atoms with Crippen molar-refractivity contribution < 1.29 is 24.2 Å². The molecule has 0 aromatic heterocycles. The predicted octanol–water partition coefficient (Wildman–Crippen LogP) is 4.03. The van der Waals surface area contributed by atoms with E-state index in [0.29, 0.717) is 6.42 Å². The maximum atomic E-state index is 13.5. The molecule has 0 aliphatic rings. The molecule has 0 saturated carbocycles. The molecule has 1 atom stereocenters. The average molecular weight is 290 g/mol. The summed E-state index contributed by atoms with van der Waals surface area (Å²) in [6, 6.07) is 0. The molecule has 0 aromatic rings. The van der Waals surface area contributed by atoms with Gasteiger partial charge in [0.2, 0.25) is 0 Å². The average Bonchev–Trinajstić information content (AvgIpc) is 2.36. The van der Waals surface area contributed by atoms with Crippen molar-refractivity contribution >= 4 is 11.9 Å². The molecule has 0 radical (unpaired) electrons. The number of aliphatic carboxylic acids is 2. The highest BCUT2D eigenvalue weighted by Gasteiger charge is 2.34. The molecule has 0 aliphatic heterocycles. The molecule has 0 aliphatic carbocycles. The minimum Gasteiger partial charge on any atom is -0.481 e. The Morgan fingerprint density at radius 1 is 0.850 bits per heavy atom. The van der Waals surface area contributed by atoms with E-state index in [0.717, 1.165) is 19.3 Å². The van der Waals surface area contributed by atoms with Crippen molar-refractivity contribution in [1.82, 2.24) is 0 Å². The second-order valence-corrected chi connectivity index (χ2v) is 5.29. The predicted molar refractivity (Wildman–Crippen MR) is 75.5 cm³/mol. The van der Waals surface area contributed by atoms with Crippen LogP contribution in [-0.4, -0.2) is 28.3 Å². The van der Waals surface area contributed by atoms with Crippen LogP contribution in [0.3, 0.4) is 0 Å². The Hall–Kier alpha value is -1.13. The normalized spacial score (nSPS) is 12.6. The van der Waals surface area contributed by atoms with Gasteiger partial charge in [0.25, 0.3) is 0 Å². The Balaban J connectivity index is 3.59. The summed E-state index contributed by atoms with van der Waals surface area (Å²) in [6.07, 6.45) is 7.90. The summed E-state index contributed by atoms with van der Waals surface area (Å²) in [7, 11) is 0. The van der Waals surface area contributed by atoms with E-state index in [-0.39, 0.29) is 6.42 Å². The van der Waals surface area contributed by atoms with Gasteiger partial charge in [-0.3, -0.25) is 9.59 Å². The Kier molecular flexibility index (Phi) is 11.0. The van der Waals surface area contributed by atoms with E-state index in [2.05, 4.69) is 6.92 Å². The number of alkyl halides is 1. The summed E-state index contributed by atoms with van der Waals surface area (Å²) in [5.41, 5.74) is 0. The Morgan fingerprint density at radius 3 is 1.65 bits per heavy atom. The van der Waals surface area contributed by atoms with Crippen molar-refractivity contribution in [3.63, 3.8) is 0 Å². The van der Waals surface area contributed by atoms with Crippen LogP contribution in [0.2, 0.25) is 0 Å². The largest absolute Gasteiger partial charge is 0.481 e. The molecular formula is C15H27FO4. The first kappa shape index (κ1) is 18.9. The molecule has 0 amide bonds. The third-order valence-corrected chi connectivity index (χ3v) is 3.48. The van der Waals surface area contributed by atoms with Gasteiger partial charge in [-0.15, -0.1) is 0 Å². The van der Waals surface area contributed by atoms with Gasteiger partial charge >= 0.3 is 11.9 Å². The van der Waals surface area contributed by atoms with Crippen LogP contribution in [0.25, 0.3) is 0 Å². The fraction of sp³-hybridized carbons (Fsp3) is 0.867. The number of carboxylic acid groups (broad SMARTS) is 2. The summed E-state index contributed by atoms with van der Waals surface area (Å²) in [5.74, 6) is -5.12. The molecule has 2 N–H and O–H groups in total. The second kappa shape index (κ2) is 11.7. The Bertz CT molecular complexity index is 267. The van der Waals surface area contributed by atoms with Crippen molar-refractivity contribution in [2.45, 2.75) is 77.3 Å². The fourth-order valence-electron chi connectivity index (χ4n) is 2.23. The van der Waals surface area contributed by atoms with Gasteiger partial charge in [-0.1, -0.05) is 64.7 Å². The lowest BCUT2D eigenvalue weighted by Gasteiger charge is -2.12. The molecule has 0 aromatic carbocycles. The number of hydrogen-bond donors (Lipinski definition) is 2. The maximum Gasteiger partial charge on any atom is 0.320 e. The van der Waals surface area contributed by atoms with Crippen LogP contribution in [0.5, 0.6) is 0 Å². The van der Waals surface area contributed by atoms with Crippen LogP contribution in [-0.2, 0) is 9.59 Å². The van der Waals surface area contributed by atoms with Gasteiger partial charge in [-0.2, -0.15) is 0 Å². The molecule has 4 nitrogen and oxygen atoms in total. The van der Waals surface area contributed by atoms with Crippen molar-refractivity contribution in [2.24, 2.45) is 5.92 Å². The first-order chi connectivity index (χ1) is 9.50. The summed E-state index contributed by atoms with van der Waals surface area (Å²) >= 11 is 0. The van der Waals surface area contributed by atoms with Crippen molar-refractivity contribution in [3.05, 3.63) is 0 Å². The minimum atomic E-state index is -1.93. The van der Waals surface area contributed by atoms with E-state index in [1.807, 2.05) is 0 Å². The zero-order valence-corrected chi connectivity index (χ0v) is 12.3. The topological polar surface area (TPSA) is 74.6 Å². The molecule has 1 unspecified atom stereocenters. The molecule has 20 heavy (non-hydrogen) atoms. The third-order valence-electron chi connectivity index (χ3n) is 3.48. The lowest BCUT2D eigenvalue weighted by Crippen LogP contribution is -2.32. The number of hydrogen-bond acceptors (Lipinski definition) is 2. The van der Waals surface area contributed by atoms with Gasteiger partial charge in [0.05, 0.1) is 0 Å². The molecular weight excluding hydrogens is 263 g/mol. The molecule has 0 rings (SSSR count). The molecule has 0 saturated heterocycles. The minimum absolute atomic E-state index is 0.0130.